The van der Waals surface area contributed by atoms with E-state index in [0.717, 1.165) is 12.1 Å². The van der Waals surface area contributed by atoms with E-state index in [9.17, 15) is 25.1 Å². The van der Waals surface area contributed by atoms with Crippen LogP contribution in [0.3, 0.4) is 0 Å². The fourth-order valence-electron chi connectivity index (χ4n) is 2.52. The predicted molar refractivity (Wildman–Crippen MR) is 86.3 cm³/mol. The van der Waals surface area contributed by atoms with E-state index in [2.05, 4.69) is 16.9 Å². The molecule has 8 nitrogen and oxygen atoms in total. The number of hydrogen-bond acceptors (Lipinski definition) is 8. The lowest BCUT2D eigenvalue weighted by Gasteiger charge is -2.23. The Hall–Kier alpha value is -3.68. The number of aliphatic hydroxyl groups excluding tert-OH is 1. The van der Waals surface area contributed by atoms with Crippen molar-refractivity contribution in [2.24, 2.45) is 10.4 Å². The summed E-state index contributed by atoms with van der Waals surface area (Å²) >= 11 is 0. The van der Waals surface area contributed by atoms with Gasteiger partial charge in [0.2, 0.25) is 0 Å². The van der Waals surface area contributed by atoms with Gasteiger partial charge >= 0.3 is 0 Å². The SMILES string of the molecule is C=C1C(c2ccc(N=O)cc2O)=C(O)Oc2cc(O)cc(N=O)c21. The molecule has 0 radical (unpaired) electrons. The Morgan fingerprint density at radius 1 is 1.00 bits per heavy atom. The average Bonchev–Trinajstić information content (AvgIpc) is 2.54. The normalized spacial score (nSPS) is 13.2. The molecule has 1 aliphatic rings. The minimum Gasteiger partial charge on any atom is -0.508 e. The monoisotopic (exact) mass is 326 g/mol. The van der Waals surface area contributed by atoms with Gasteiger partial charge in [0.05, 0.1) is 11.1 Å². The van der Waals surface area contributed by atoms with Crippen molar-refractivity contribution in [3.63, 3.8) is 0 Å². The van der Waals surface area contributed by atoms with Gasteiger partial charge in [-0.05, 0) is 28.1 Å². The van der Waals surface area contributed by atoms with Crippen LogP contribution in [0, 0.1) is 9.81 Å². The van der Waals surface area contributed by atoms with E-state index in [0.29, 0.717) is 0 Å². The zero-order valence-electron chi connectivity index (χ0n) is 12.1. The number of phenolic OH excluding ortho intramolecular Hbond substituents is 2. The first kappa shape index (κ1) is 15.2. The van der Waals surface area contributed by atoms with Crippen molar-refractivity contribution in [3.8, 4) is 17.2 Å². The summed E-state index contributed by atoms with van der Waals surface area (Å²) in [5.41, 5.74) is 0.344. The van der Waals surface area contributed by atoms with Crippen LogP contribution in [-0.2, 0) is 0 Å². The molecular weight excluding hydrogens is 316 g/mol. The molecule has 0 amide bonds. The number of fused-ring (bicyclic) bond motifs is 1. The summed E-state index contributed by atoms with van der Waals surface area (Å²) < 4.78 is 5.22. The van der Waals surface area contributed by atoms with Crippen LogP contribution >= 0.6 is 0 Å². The Bertz CT molecular complexity index is 932. The van der Waals surface area contributed by atoms with Crippen molar-refractivity contribution in [2.45, 2.75) is 0 Å². The maximum absolute atomic E-state index is 11.0. The molecule has 24 heavy (non-hydrogen) atoms. The van der Waals surface area contributed by atoms with E-state index in [1.807, 2.05) is 0 Å². The van der Waals surface area contributed by atoms with Crippen molar-refractivity contribution < 1.29 is 20.1 Å². The summed E-state index contributed by atoms with van der Waals surface area (Å²) in [5.74, 6) is -1.18. The first-order chi connectivity index (χ1) is 11.5. The molecule has 0 aromatic heterocycles. The Kier molecular flexibility index (Phi) is 3.49. The van der Waals surface area contributed by atoms with Gasteiger partial charge in [0, 0.05) is 23.8 Å². The number of rotatable bonds is 3. The van der Waals surface area contributed by atoms with Crippen LogP contribution in [0.15, 0.2) is 53.2 Å². The lowest BCUT2D eigenvalue weighted by molar-refractivity contribution is 0.209. The number of phenols is 2. The minimum atomic E-state index is -0.586. The number of hydrogen-bond donors (Lipinski definition) is 3. The van der Waals surface area contributed by atoms with Crippen LogP contribution in [0.1, 0.15) is 11.1 Å². The molecule has 0 unspecified atom stereocenters. The van der Waals surface area contributed by atoms with E-state index in [1.54, 1.807) is 0 Å². The highest BCUT2D eigenvalue weighted by Crippen LogP contribution is 2.49. The van der Waals surface area contributed by atoms with Crippen LogP contribution in [0.2, 0.25) is 0 Å². The number of nitrogens with zero attached hydrogens (tertiary/aromatic N) is 2. The minimum absolute atomic E-state index is 0.000695. The molecule has 0 aliphatic carbocycles. The summed E-state index contributed by atoms with van der Waals surface area (Å²) in [6.07, 6.45) is 0. The molecule has 2 aromatic rings. The number of nitroso groups, excluding NO2 is 2. The number of benzene rings is 2. The molecule has 1 aliphatic heterocycles. The number of ether oxygens (including phenoxy) is 1. The second-order valence-electron chi connectivity index (χ2n) is 4.98. The second kappa shape index (κ2) is 5.51. The lowest BCUT2D eigenvalue weighted by atomic mass is 9.90. The fourth-order valence-corrected chi connectivity index (χ4v) is 2.52. The van der Waals surface area contributed by atoms with E-state index in [1.165, 1.54) is 18.2 Å². The molecular formula is C16H10N2O6. The highest BCUT2D eigenvalue weighted by molar-refractivity contribution is 6.10. The standard InChI is InChI=1S/C16H10N2O6/c1-7-14(10-3-2-8(17-22)4-12(10)20)16(21)24-13-6-9(19)5-11(18-23)15(7)13/h2-6,19-21H,1H2. The molecule has 0 spiro atoms. The molecule has 0 saturated carbocycles. The fraction of sp³-hybridized carbons (Fsp3) is 0. The summed E-state index contributed by atoms with van der Waals surface area (Å²) in [5, 5.41) is 35.3. The zero-order chi connectivity index (χ0) is 17.4. The van der Waals surface area contributed by atoms with Crippen molar-refractivity contribution >= 4 is 22.5 Å². The maximum Gasteiger partial charge on any atom is 0.291 e. The van der Waals surface area contributed by atoms with Crippen LogP contribution in [0.25, 0.3) is 11.1 Å². The molecule has 0 atom stereocenters. The van der Waals surface area contributed by atoms with Gasteiger partial charge in [-0.15, -0.1) is 9.81 Å². The lowest BCUT2D eigenvalue weighted by Crippen LogP contribution is -2.09. The number of allylic oxidation sites excluding steroid dienone is 2. The highest BCUT2D eigenvalue weighted by atomic mass is 16.6. The van der Waals surface area contributed by atoms with Gasteiger partial charge < -0.3 is 20.1 Å². The van der Waals surface area contributed by atoms with E-state index < -0.39 is 5.95 Å². The summed E-state index contributed by atoms with van der Waals surface area (Å²) in [7, 11) is 0. The zero-order valence-corrected chi connectivity index (χ0v) is 12.1. The van der Waals surface area contributed by atoms with Gasteiger partial charge in [-0.25, -0.2) is 0 Å². The van der Waals surface area contributed by atoms with Crippen molar-refractivity contribution in [1.82, 2.24) is 0 Å². The third kappa shape index (κ3) is 2.26. The maximum atomic E-state index is 11.0. The molecule has 8 heteroatoms. The van der Waals surface area contributed by atoms with Crippen LogP contribution < -0.4 is 4.74 Å². The van der Waals surface area contributed by atoms with E-state index >= 15 is 0 Å². The summed E-state index contributed by atoms with van der Waals surface area (Å²) in [4.78, 5) is 21.5. The van der Waals surface area contributed by atoms with Gasteiger partial charge in [-0.3, -0.25) is 0 Å². The second-order valence-corrected chi connectivity index (χ2v) is 4.98. The number of aromatic hydroxyl groups is 2. The first-order valence-electron chi connectivity index (χ1n) is 6.64. The highest BCUT2D eigenvalue weighted by Gasteiger charge is 2.29. The Labute approximate surface area is 134 Å². The van der Waals surface area contributed by atoms with Gasteiger partial charge in [0.25, 0.3) is 5.95 Å². The molecule has 2 aromatic carbocycles. The van der Waals surface area contributed by atoms with Gasteiger partial charge in [-0.1, -0.05) is 6.58 Å². The van der Waals surface area contributed by atoms with E-state index in [-0.39, 0.29) is 50.9 Å². The largest absolute Gasteiger partial charge is 0.508 e. The molecule has 0 bridgehead atoms. The van der Waals surface area contributed by atoms with Crippen molar-refractivity contribution in [2.75, 3.05) is 0 Å². The topological polar surface area (TPSA) is 129 Å². The molecule has 0 fully saturated rings. The van der Waals surface area contributed by atoms with Crippen molar-refractivity contribution in [1.29, 1.82) is 0 Å². The molecule has 1 heterocycles. The first-order valence-corrected chi connectivity index (χ1v) is 6.64. The Morgan fingerprint density at radius 3 is 2.38 bits per heavy atom. The molecule has 3 N–H and O–H groups in total. The van der Waals surface area contributed by atoms with Crippen LogP contribution in [-0.4, -0.2) is 15.3 Å². The third-order valence-electron chi connectivity index (χ3n) is 3.54. The third-order valence-corrected chi connectivity index (χ3v) is 3.54. The molecule has 3 rings (SSSR count). The molecule has 120 valence electrons. The molecule has 0 saturated heterocycles. The summed E-state index contributed by atoms with van der Waals surface area (Å²) in [6.45, 7) is 3.81. The number of aliphatic hydroxyl groups is 1. The average molecular weight is 326 g/mol. The predicted octanol–water partition coefficient (Wildman–Crippen LogP) is 4.23. The van der Waals surface area contributed by atoms with Crippen LogP contribution in [0.4, 0.5) is 11.4 Å². The quantitative estimate of drug-likeness (QED) is 0.724. The van der Waals surface area contributed by atoms with Crippen molar-refractivity contribution in [3.05, 3.63) is 63.8 Å². The Morgan fingerprint density at radius 2 is 1.75 bits per heavy atom. The summed E-state index contributed by atoms with van der Waals surface area (Å²) in [6, 6.07) is 6.12. The van der Waals surface area contributed by atoms with Gasteiger partial charge in [0.1, 0.15) is 28.6 Å². The van der Waals surface area contributed by atoms with E-state index in [4.69, 9.17) is 4.74 Å². The van der Waals surface area contributed by atoms with Gasteiger partial charge in [0.15, 0.2) is 0 Å². The Balaban J connectivity index is 2.20. The smallest absolute Gasteiger partial charge is 0.291 e. The van der Waals surface area contributed by atoms with Crippen LogP contribution in [0.5, 0.6) is 17.2 Å². The van der Waals surface area contributed by atoms with Gasteiger partial charge in [-0.2, -0.15) is 0 Å².